The van der Waals surface area contributed by atoms with Gasteiger partial charge in [0.2, 0.25) is 0 Å². The maximum absolute atomic E-state index is 6.08. The molecule has 0 bridgehead atoms. The number of rotatable bonds is 2. The Bertz CT molecular complexity index is 497. The van der Waals surface area contributed by atoms with E-state index >= 15 is 0 Å². The summed E-state index contributed by atoms with van der Waals surface area (Å²) in [5.74, 6) is 0. The number of hydrogen-bond acceptors (Lipinski definition) is 2. The summed E-state index contributed by atoms with van der Waals surface area (Å²) < 4.78 is 0. The number of nitrogens with two attached hydrogens (primary N) is 1. The molecule has 1 atom stereocenters. The van der Waals surface area contributed by atoms with Crippen LogP contribution in [0.15, 0.2) is 48.7 Å². The van der Waals surface area contributed by atoms with Crippen LogP contribution in [0, 0.1) is 0 Å². The monoisotopic (exact) mass is 198 g/mol. The number of nitrogens with zero attached hydrogens (tertiary/aromatic N) is 1. The smallest absolute Gasteiger partial charge is 0.0705 e. The number of pyridine rings is 1. The number of hydrogen-bond donors (Lipinski definition) is 1. The predicted octanol–water partition coefficient (Wildman–Crippen LogP) is 2.81. The molecule has 1 aromatic carbocycles. The molecule has 1 heterocycles. The topological polar surface area (TPSA) is 38.9 Å². The molecule has 0 radical (unpaired) electrons. The Hall–Kier alpha value is -1.67. The van der Waals surface area contributed by atoms with Crippen molar-refractivity contribution in [3.05, 3.63) is 54.2 Å². The second-order valence-corrected chi connectivity index (χ2v) is 3.74. The van der Waals surface area contributed by atoms with Gasteiger partial charge in [-0.25, -0.2) is 0 Å². The molecular weight excluding hydrogens is 184 g/mol. The highest BCUT2D eigenvalue weighted by Crippen LogP contribution is 2.24. The summed E-state index contributed by atoms with van der Waals surface area (Å²) in [4.78, 5) is 4.30. The SMILES string of the molecule is C=C(C)C(N)c1cccc2ncccc12. The minimum atomic E-state index is -0.113. The summed E-state index contributed by atoms with van der Waals surface area (Å²) in [5, 5.41) is 1.11. The first-order valence-electron chi connectivity index (χ1n) is 4.95. The Morgan fingerprint density at radius 2 is 2.13 bits per heavy atom. The van der Waals surface area contributed by atoms with Crippen LogP contribution in [0.2, 0.25) is 0 Å². The lowest BCUT2D eigenvalue weighted by molar-refractivity contribution is 0.859. The van der Waals surface area contributed by atoms with Crippen molar-refractivity contribution in [1.29, 1.82) is 0 Å². The van der Waals surface area contributed by atoms with E-state index in [0.29, 0.717) is 0 Å². The molecule has 0 aliphatic rings. The lowest BCUT2D eigenvalue weighted by Crippen LogP contribution is -2.11. The third-order valence-corrected chi connectivity index (χ3v) is 2.55. The highest BCUT2D eigenvalue weighted by molar-refractivity contribution is 5.82. The lowest BCUT2D eigenvalue weighted by atomic mass is 9.98. The van der Waals surface area contributed by atoms with Crippen LogP contribution in [0.4, 0.5) is 0 Å². The fraction of sp³-hybridized carbons (Fsp3) is 0.154. The number of fused-ring (bicyclic) bond motifs is 1. The van der Waals surface area contributed by atoms with Crippen LogP contribution in [-0.2, 0) is 0 Å². The fourth-order valence-corrected chi connectivity index (χ4v) is 1.66. The first-order chi connectivity index (χ1) is 7.20. The molecule has 0 amide bonds. The Balaban J connectivity index is 2.65. The van der Waals surface area contributed by atoms with Gasteiger partial charge in [-0.3, -0.25) is 4.98 Å². The van der Waals surface area contributed by atoms with E-state index in [2.05, 4.69) is 11.6 Å². The van der Waals surface area contributed by atoms with Crippen LogP contribution >= 0.6 is 0 Å². The summed E-state index contributed by atoms with van der Waals surface area (Å²) in [6.45, 7) is 5.84. The van der Waals surface area contributed by atoms with E-state index in [1.165, 1.54) is 0 Å². The minimum Gasteiger partial charge on any atom is -0.321 e. The van der Waals surface area contributed by atoms with Crippen molar-refractivity contribution < 1.29 is 0 Å². The molecule has 2 rings (SSSR count). The van der Waals surface area contributed by atoms with Gasteiger partial charge >= 0.3 is 0 Å². The van der Waals surface area contributed by atoms with Gasteiger partial charge in [-0.05, 0) is 24.6 Å². The molecule has 0 saturated carbocycles. The zero-order valence-electron chi connectivity index (χ0n) is 8.77. The van der Waals surface area contributed by atoms with Crippen molar-refractivity contribution in [1.82, 2.24) is 4.98 Å². The van der Waals surface area contributed by atoms with E-state index in [1.807, 2.05) is 37.3 Å². The molecule has 1 unspecified atom stereocenters. The van der Waals surface area contributed by atoms with Gasteiger partial charge < -0.3 is 5.73 Å². The Morgan fingerprint density at radius 1 is 1.33 bits per heavy atom. The van der Waals surface area contributed by atoms with Gasteiger partial charge in [0, 0.05) is 11.6 Å². The molecule has 0 aliphatic heterocycles. The van der Waals surface area contributed by atoms with Crippen molar-refractivity contribution in [2.75, 3.05) is 0 Å². The van der Waals surface area contributed by atoms with Crippen LogP contribution in [0.1, 0.15) is 18.5 Å². The van der Waals surface area contributed by atoms with Crippen LogP contribution in [0.5, 0.6) is 0 Å². The van der Waals surface area contributed by atoms with E-state index in [-0.39, 0.29) is 6.04 Å². The summed E-state index contributed by atoms with van der Waals surface area (Å²) in [7, 11) is 0. The van der Waals surface area contributed by atoms with Crippen LogP contribution in [-0.4, -0.2) is 4.98 Å². The van der Waals surface area contributed by atoms with E-state index in [4.69, 9.17) is 5.73 Å². The largest absolute Gasteiger partial charge is 0.321 e. The molecule has 15 heavy (non-hydrogen) atoms. The Labute approximate surface area is 89.4 Å². The van der Waals surface area contributed by atoms with Crippen molar-refractivity contribution in [2.45, 2.75) is 13.0 Å². The van der Waals surface area contributed by atoms with Crippen molar-refractivity contribution in [3.8, 4) is 0 Å². The zero-order valence-corrected chi connectivity index (χ0v) is 8.77. The maximum Gasteiger partial charge on any atom is 0.0705 e. The molecule has 0 saturated heterocycles. The van der Waals surface area contributed by atoms with Crippen molar-refractivity contribution >= 4 is 10.9 Å². The maximum atomic E-state index is 6.08. The fourth-order valence-electron chi connectivity index (χ4n) is 1.66. The normalized spacial score (nSPS) is 12.7. The molecule has 0 aliphatic carbocycles. The van der Waals surface area contributed by atoms with Gasteiger partial charge in [0.25, 0.3) is 0 Å². The van der Waals surface area contributed by atoms with Gasteiger partial charge in [-0.2, -0.15) is 0 Å². The molecule has 76 valence electrons. The molecule has 1 aromatic heterocycles. The van der Waals surface area contributed by atoms with Gasteiger partial charge in [-0.1, -0.05) is 30.4 Å². The second-order valence-electron chi connectivity index (χ2n) is 3.74. The summed E-state index contributed by atoms with van der Waals surface area (Å²) in [6.07, 6.45) is 1.79. The molecule has 2 aromatic rings. The summed E-state index contributed by atoms with van der Waals surface area (Å²) in [6, 6.07) is 9.86. The average molecular weight is 198 g/mol. The van der Waals surface area contributed by atoms with Gasteiger partial charge in [0.05, 0.1) is 11.6 Å². The van der Waals surface area contributed by atoms with E-state index in [0.717, 1.165) is 22.0 Å². The predicted molar refractivity (Wildman–Crippen MR) is 63.5 cm³/mol. The summed E-state index contributed by atoms with van der Waals surface area (Å²) in [5.41, 5.74) is 9.11. The quantitative estimate of drug-likeness (QED) is 0.753. The van der Waals surface area contributed by atoms with Crippen molar-refractivity contribution in [2.24, 2.45) is 5.73 Å². The minimum absolute atomic E-state index is 0.113. The standard InChI is InChI=1S/C13H14N2/c1-9(2)13(14)11-5-3-7-12-10(11)6-4-8-15-12/h3-8,13H,1,14H2,2H3. The first kappa shape index (κ1) is 9.87. The number of benzene rings is 1. The Kier molecular flexibility index (Phi) is 2.52. The third-order valence-electron chi connectivity index (χ3n) is 2.55. The van der Waals surface area contributed by atoms with E-state index in [1.54, 1.807) is 6.20 Å². The highest BCUT2D eigenvalue weighted by atomic mass is 14.7. The zero-order chi connectivity index (χ0) is 10.8. The first-order valence-corrected chi connectivity index (χ1v) is 4.95. The van der Waals surface area contributed by atoms with Gasteiger partial charge in [-0.15, -0.1) is 0 Å². The molecule has 2 heteroatoms. The van der Waals surface area contributed by atoms with Crippen LogP contribution in [0.3, 0.4) is 0 Å². The molecule has 2 nitrogen and oxygen atoms in total. The van der Waals surface area contributed by atoms with E-state index in [9.17, 15) is 0 Å². The molecule has 0 fully saturated rings. The lowest BCUT2D eigenvalue weighted by Gasteiger charge is -2.13. The summed E-state index contributed by atoms with van der Waals surface area (Å²) >= 11 is 0. The number of aromatic nitrogens is 1. The molecular formula is C13H14N2. The van der Waals surface area contributed by atoms with Crippen molar-refractivity contribution in [3.63, 3.8) is 0 Å². The molecule has 2 N–H and O–H groups in total. The van der Waals surface area contributed by atoms with Crippen LogP contribution in [0.25, 0.3) is 10.9 Å². The third kappa shape index (κ3) is 1.76. The van der Waals surface area contributed by atoms with Gasteiger partial charge in [0.15, 0.2) is 0 Å². The van der Waals surface area contributed by atoms with E-state index < -0.39 is 0 Å². The molecule has 0 spiro atoms. The van der Waals surface area contributed by atoms with Gasteiger partial charge in [0.1, 0.15) is 0 Å². The average Bonchev–Trinajstić information content (AvgIpc) is 2.27. The van der Waals surface area contributed by atoms with Crippen LogP contribution < -0.4 is 5.73 Å². The Morgan fingerprint density at radius 3 is 2.87 bits per heavy atom. The highest BCUT2D eigenvalue weighted by Gasteiger charge is 2.09. The second kappa shape index (κ2) is 3.83.